The smallest absolute Gasteiger partial charge is 0.152 e. The Kier molecular flexibility index (Phi) is 4.57. The molecule has 122 valence electrons. The van der Waals surface area contributed by atoms with Gasteiger partial charge in [0.05, 0.1) is 24.7 Å². The Morgan fingerprint density at radius 2 is 2.00 bits per heavy atom. The van der Waals surface area contributed by atoms with Gasteiger partial charge in [0.2, 0.25) is 0 Å². The van der Waals surface area contributed by atoms with Gasteiger partial charge in [0.15, 0.2) is 9.84 Å². The van der Waals surface area contributed by atoms with Gasteiger partial charge in [0.25, 0.3) is 0 Å². The quantitative estimate of drug-likeness (QED) is 0.742. The lowest BCUT2D eigenvalue weighted by Gasteiger charge is -2.44. The van der Waals surface area contributed by atoms with Crippen LogP contribution in [0.5, 0.6) is 0 Å². The van der Waals surface area contributed by atoms with Gasteiger partial charge in [-0.1, -0.05) is 0 Å². The van der Waals surface area contributed by atoms with Gasteiger partial charge in [-0.05, 0) is 19.3 Å². The Hall–Kier alpha value is -0.210. The maximum atomic E-state index is 12.1. The van der Waals surface area contributed by atoms with Gasteiger partial charge in [0.1, 0.15) is 0 Å². The number of nitrogens with zero attached hydrogens (tertiary/aromatic N) is 2. The van der Waals surface area contributed by atoms with E-state index >= 15 is 0 Å². The van der Waals surface area contributed by atoms with Crippen molar-refractivity contribution in [1.29, 1.82) is 0 Å². The summed E-state index contributed by atoms with van der Waals surface area (Å²) in [6.45, 7) is 5.97. The highest BCUT2D eigenvalue weighted by atomic mass is 32.2. The SMILES string of the molecule is NCC1(N2CCC(N3CCOCC3)C2)CCCS(=O)(=O)C1. The standard InChI is InChI=1S/C14H27N3O3S/c15-11-14(3-1-9-21(18,19)12-14)17-4-2-13(10-17)16-5-7-20-8-6-16/h13H,1-12,15H2. The Morgan fingerprint density at radius 1 is 1.24 bits per heavy atom. The van der Waals surface area contributed by atoms with Crippen molar-refractivity contribution in [3.63, 3.8) is 0 Å². The zero-order chi connectivity index (χ0) is 14.9. The minimum atomic E-state index is -2.94. The topological polar surface area (TPSA) is 75.9 Å². The molecule has 0 aromatic carbocycles. The largest absolute Gasteiger partial charge is 0.379 e. The van der Waals surface area contributed by atoms with E-state index in [1.807, 2.05) is 0 Å². The molecule has 0 saturated carbocycles. The van der Waals surface area contributed by atoms with E-state index in [0.717, 1.165) is 58.7 Å². The van der Waals surface area contributed by atoms with Crippen molar-refractivity contribution in [2.45, 2.75) is 30.8 Å². The Bertz CT molecular complexity index is 464. The average molecular weight is 317 g/mol. The number of hydrogen-bond acceptors (Lipinski definition) is 6. The third-order valence-electron chi connectivity index (χ3n) is 5.36. The number of morpholine rings is 1. The number of likely N-dealkylation sites (tertiary alicyclic amines) is 1. The first-order chi connectivity index (χ1) is 10.0. The summed E-state index contributed by atoms with van der Waals surface area (Å²) in [5.41, 5.74) is 5.70. The zero-order valence-electron chi connectivity index (χ0n) is 12.7. The van der Waals surface area contributed by atoms with Gasteiger partial charge < -0.3 is 10.5 Å². The minimum absolute atomic E-state index is 0.242. The zero-order valence-corrected chi connectivity index (χ0v) is 13.5. The molecule has 3 saturated heterocycles. The molecule has 3 rings (SSSR count). The molecule has 2 unspecified atom stereocenters. The van der Waals surface area contributed by atoms with E-state index in [1.54, 1.807) is 0 Å². The summed E-state index contributed by atoms with van der Waals surface area (Å²) in [5.74, 6) is 0.571. The second kappa shape index (κ2) is 6.12. The molecular weight excluding hydrogens is 290 g/mol. The maximum Gasteiger partial charge on any atom is 0.152 e. The Balaban J connectivity index is 1.68. The first-order valence-electron chi connectivity index (χ1n) is 8.02. The lowest BCUT2D eigenvalue weighted by atomic mass is 9.93. The van der Waals surface area contributed by atoms with Gasteiger partial charge in [-0.15, -0.1) is 0 Å². The van der Waals surface area contributed by atoms with Crippen LogP contribution in [0.4, 0.5) is 0 Å². The molecule has 7 heteroatoms. The molecule has 3 aliphatic heterocycles. The van der Waals surface area contributed by atoms with Crippen LogP contribution in [0.25, 0.3) is 0 Å². The van der Waals surface area contributed by atoms with Crippen LogP contribution < -0.4 is 5.73 Å². The summed E-state index contributed by atoms with van der Waals surface area (Å²) in [7, 11) is -2.94. The van der Waals surface area contributed by atoms with E-state index in [-0.39, 0.29) is 11.3 Å². The van der Waals surface area contributed by atoms with Gasteiger partial charge in [-0.3, -0.25) is 9.80 Å². The molecule has 6 nitrogen and oxygen atoms in total. The predicted molar refractivity (Wildman–Crippen MR) is 82.0 cm³/mol. The van der Waals surface area contributed by atoms with Crippen LogP contribution in [-0.4, -0.2) is 87.2 Å². The van der Waals surface area contributed by atoms with E-state index in [4.69, 9.17) is 10.5 Å². The fraction of sp³-hybridized carbons (Fsp3) is 1.00. The number of sulfone groups is 1. The highest BCUT2D eigenvalue weighted by Crippen LogP contribution is 2.32. The molecule has 0 aromatic rings. The van der Waals surface area contributed by atoms with Crippen LogP contribution in [0.1, 0.15) is 19.3 Å². The summed E-state index contributed by atoms with van der Waals surface area (Å²) < 4.78 is 29.5. The highest BCUT2D eigenvalue weighted by Gasteiger charge is 2.45. The van der Waals surface area contributed by atoms with E-state index in [2.05, 4.69) is 9.80 Å². The summed E-state index contributed by atoms with van der Waals surface area (Å²) in [4.78, 5) is 4.86. The van der Waals surface area contributed by atoms with Crippen molar-refractivity contribution in [2.75, 3.05) is 57.4 Å². The van der Waals surface area contributed by atoms with Crippen LogP contribution in [0.3, 0.4) is 0 Å². The molecule has 0 aromatic heterocycles. The van der Waals surface area contributed by atoms with Crippen molar-refractivity contribution in [3.8, 4) is 0 Å². The first-order valence-corrected chi connectivity index (χ1v) is 9.84. The van der Waals surface area contributed by atoms with Crippen molar-refractivity contribution < 1.29 is 13.2 Å². The van der Waals surface area contributed by atoms with Gasteiger partial charge >= 0.3 is 0 Å². The molecule has 0 bridgehead atoms. The van der Waals surface area contributed by atoms with Crippen molar-refractivity contribution in [2.24, 2.45) is 5.73 Å². The second-order valence-corrected chi connectivity index (χ2v) is 8.84. The molecule has 0 aliphatic carbocycles. The highest BCUT2D eigenvalue weighted by molar-refractivity contribution is 7.91. The normalized spacial score (nSPS) is 38.6. The molecule has 3 heterocycles. The lowest BCUT2D eigenvalue weighted by Crippen LogP contribution is -2.60. The number of ether oxygens (including phenoxy) is 1. The summed E-state index contributed by atoms with van der Waals surface area (Å²) in [5, 5.41) is 0. The number of rotatable bonds is 3. The number of nitrogens with two attached hydrogens (primary N) is 1. The molecule has 3 aliphatic rings. The molecule has 3 fully saturated rings. The van der Waals surface area contributed by atoms with E-state index < -0.39 is 9.84 Å². The van der Waals surface area contributed by atoms with Crippen molar-refractivity contribution >= 4 is 9.84 Å². The second-order valence-electron chi connectivity index (χ2n) is 6.66. The van der Waals surface area contributed by atoms with Gasteiger partial charge in [0, 0.05) is 44.3 Å². The van der Waals surface area contributed by atoms with Crippen LogP contribution >= 0.6 is 0 Å². The van der Waals surface area contributed by atoms with E-state index in [1.165, 1.54) is 0 Å². The first kappa shape index (κ1) is 15.7. The fourth-order valence-electron chi connectivity index (χ4n) is 4.13. The molecule has 21 heavy (non-hydrogen) atoms. The average Bonchev–Trinajstić information content (AvgIpc) is 2.97. The molecule has 2 atom stereocenters. The van der Waals surface area contributed by atoms with Gasteiger partial charge in [-0.2, -0.15) is 0 Å². The fourth-order valence-corrected chi connectivity index (χ4v) is 6.12. The number of hydrogen-bond donors (Lipinski definition) is 1. The predicted octanol–water partition coefficient (Wildman–Crippen LogP) is -0.701. The van der Waals surface area contributed by atoms with E-state index in [9.17, 15) is 8.42 Å². The summed E-state index contributed by atoms with van der Waals surface area (Å²) in [6, 6.07) is 0.530. The molecule has 2 N–H and O–H groups in total. The third kappa shape index (κ3) is 3.27. The maximum absolute atomic E-state index is 12.1. The van der Waals surface area contributed by atoms with E-state index in [0.29, 0.717) is 18.3 Å². The van der Waals surface area contributed by atoms with Crippen LogP contribution in [0, 0.1) is 0 Å². The van der Waals surface area contributed by atoms with Crippen LogP contribution in [-0.2, 0) is 14.6 Å². The van der Waals surface area contributed by atoms with Crippen molar-refractivity contribution in [3.05, 3.63) is 0 Å². The minimum Gasteiger partial charge on any atom is -0.379 e. The van der Waals surface area contributed by atoms with Gasteiger partial charge in [-0.25, -0.2) is 8.42 Å². The summed E-state index contributed by atoms with van der Waals surface area (Å²) >= 11 is 0. The molecular formula is C14H27N3O3S. The lowest BCUT2D eigenvalue weighted by molar-refractivity contribution is 0.0151. The Labute approximate surface area is 127 Å². The van der Waals surface area contributed by atoms with Crippen molar-refractivity contribution in [1.82, 2.24) is 9.80 Å². The molecule has 0 spiro atoms. The monoisotopic (exact) mass is 317 g/mol. The third-order valence-corrected chi connectivity index (χ3v) is 7.25. The Morgan fingerprint density at radius 3 is 2.67 bits per heavy atom. The summed E-state index contributed by atoms with van der Waals surface area (Å²) in [6.07, 6.45) is 2.78. The van der Waals surface area contributed by atoms with Crippen LogP contribution in [0.15, 0.2) is 0 Å². The van der Waals surface area contributed by atoms with Crippen LogP contribution in [0.2, 0.25) is 0 Å². The molecule has 0 radical (unpaired) electrons. The molecule has 0 amide bonds.